The van der Waals surface area contributed by atoms with E-state index in [0.29, 0.717) is 16.6 Å². The van der Waals surface area contributed by atoms with Crippen molar-refractivity contribution < 1.29 is 4.42 Å². The quantitative estimate of drug-likeness (QED) is 0.671. The monoisotopic (exact) mass is 330 g/mol. The molecule has 0 N–H and O–H groups in total. The van der Waals surface area contributed by atoms with Crippen molar-refractivity contribution >= 4 is 46.9 Å². The van der Waals surface area contributed by atoms with Crippen LogP contribution in [0.15, 0.2) is 54.5 Å². The summed E-state index contributed by atoms with van der Waals surface area (Å²) in [4.78, 5) is 8.93. The van der Waals surface area contributed by atoms with Crippen LogP contribution in [0.25, 0.3) is 12.4 Å². The van der Waals surface area contributed by atoms with Crippen LogP contribution in [0.2, 0.25) is 0 Å². The molecule has 22 heavy (non-hydrogen) atoms. The van der Waals surface area contributed by atoms with Crippen molar-refractivity contribution in [3.05, 3.63) is 55.8 Å². The SMILES string of the molecule is C=Cn1ccnc1P(=S)(c1ccc(C)o1)c1nccn1C=C. The maximum Gasteiger partial charge on any atom is 0.160 e. The molecule has 0 unspecified atom stereocenters. The van der Waals surface area contributed by atoms with Crippen LogP contribution < -0.4 is 16.6 Å². The molecule has 5 nitrogen and oxygen atoms in total. The molecule has 0 aromatic carbocycles. The number of rotatable bonds is 5. The predicted molar refractivity (Wildman–Crippen MR) is 93.9 cm³/mol. The first-order valence-corrected chi connectivity index (χ1v) is 9.40. The fourth-order valence-electron chi connectivity index (χ4n) is 2.26. The van der Waals surface area contributed by atoms with Gasteiger partial charge >= 0.3 is 0 Å². The van der Waals surface area contributed by atoms with Gasteiger partial charge in [-0.05, 0) is 19.1 Å². The fraction of sp³-hybridized carbons (Fsp3) is 0.0667. The molecule has 0 fully saturated rings. The first kappa shape index (κ1) is 14.8. The second-order valence-electron chi connectivity index (χ2n) is 4.63. The van der Waals surface area contributed by atoms with Gasteiger partial charge in [0, 0.05) is 37.2 Å². The highest BCUT2D eigenvalue weighted by molar-refractivity contribution is 8.25. The summed E-state index contributed by atoms with van der Waals surface area (Å²) < 4.78 is 9.51. The van der Waals surface area contributed by atoms with Crippen molar-refractivity contribution in [2.45, 2.75) is 6.92 Å². The molecule has 3 aromatic heterocycles. The zero-order chi connectivity index (χ0) is 15.7. The van der Waals surface area contributed by atoms with Crippen molar-refractivity contribution in [1.29, 1.82) is 0 Å². The third-order valence-electron chi connectivity index (χ3n) is 3.29. The zero-order valence-corrected chi connectivity index (χ0v) is 13.8. The minimum atomic E-state index is -2.54. The van der Waals surface area contributed by atoms with Gasteiger partial charge in [-0.1, -0.05) is 25.0 Å². The normalized spacial score (nSPS) is 11.5. The standard InChI is InChI=1S/C15H15N4OPS/c1-4-18-10-8-16-14(18)21(22,13-7-6-12(3)20-13)15-17-9-11-19(15)5-2/h4-11H,1-2H2,3H3. The van der Waals surface area contributed by atoms with Crippen LogP contribution in [0.5, 0.6) is 0 Å². The Balaban J connectivity index is 2.35. The smallest absolute Gasteiger partial charge is 0.160 e. The second-order valence-corrected chi connectivity index (χ2v) is 8.73. The summed E-state index contributed by atoms with van der Waals surface area (Å²) in [5.41, 5.74) is 2.12. The summed E-state index contributed by atoms with van der Waals surface area (Å²) in [5, 5.41) is 0. The van der Waals surface area contributed by atoms with E-state index in [0.717, 1.165) is 5.76 Å². The van der Waals surface area contributed by atoms with Gasteiger partial charge in [-0.2, -0.15) is 0 Å². The largest absolute Gasteiger partial charge is 0.460 e. The first-order valence-electron chi connectivity index (χ1n) is 6.60. The maximum absolute atomic E-state index is 6.08. The molecule has 0 saturated heterocycles. The van der Waals surface area contributed by atoms with Crippen LogP contribution in [-0.2, 0) is 11.8 Å². The lowest BCUT2D eigenvalue weighted by atomic mass is 10.5. The average Bonchev–Trinajstić information content (AvgIpc) is 3.25. The zero-order valence-electron chi connectivity index (χ0n) is 12.1. The summed E-state index contributed by atoms with van der Waals surface area (Å²) >= 11 is 6.08. The van der Waals surface area contributed by atoms with Gasteiger partial charge in [0.25, 0.3) is 0 Å². The van der Waals surface area contributed by atoms with E-state index in [4.69, 9.17) is 16.2 Å². The van der Waals surface area contributed by atoms with E-state index in [-0.39, 0.29) is 0 Å². The van der Waals surface area contributed by atoms with Crippen molar-refractivity contribution in [3.8, 4) is 0 Å². The van der Waals surface area contributed by atoms with Gasteiger partial charge in [-0.3, -0.25) is 0 Å². The minimum Gasteiger partial charge on any atom is -0.460 e. The van der Waals surface area contributed by atoms with E-state index < -0.39 is 6.04 Å². The second kappa shape index (κ2) is 5.55. The molecule has 7 heteroatoms. The molecule has 3 aromatic rings. The topological polar surface area (TPSA) is 48.8 Å². The summed E-state index contributed by atoms with van der Waals surface area (Å²) in [5.74, 6) is 0.803. The number of nitrogens with zero attached hydrogens (tertiary/aromatic N) is 4. The van der Waals surface area contributed by atoms with Crippen LogP contribution in [0.4, 0.5) is 0 Å². The Hall–Kier alpha value is -2.17. The first-order chi connectivity index (χ1) is 10.6. The molecule has 0 saturated carbocycles. The Morgan fingerprint density at radius 3 is 2.05 bits per heavy atom. The highest BCUT2D eigenvalue weighted by atomic mass is 32.4. The van der Waals surface area contributed by atoms with E-state index in [1.807, 2.05) is 40.6 Å². The van der Waals surface area contributed by atoms with E-state index in [9.17, 15) is 0 Å². The van der Waals surface area contributed by atoms with Gasteiger partial charge in [-0.15, -0.1) is 0 Å². The third-order valence-corrected chi connectivity index (χ3v) is 7.49. The van der Waals surface area contributed by atoms with Crippen LogP contribution in [0, 0.1) is 6.92 Å². The van der Waals surface area contributed by atoms with Gasteiger partial charge in [0.1, 0.15) is 17.3 Å². The van der Waals surface area contributed by atoms with E-state index >= 15 is 0 Å². The van der Waals surface area contributed by atoms with Crippen LogP contribution in [0.1, 0.15) is 5.76 Å². The van der Waals surface area contributed by atoms with Crippen LogP contribution in [0.3, 0.4) is 0 Å². The highest BCUT2D eigenvalue weighted by Crippen LogP contribution is 2.42. The molecule has 0 radical (unpaired) electrons. The fourth-order valence-corrected chi connectivity index (χ4v) is 5.94. The molecule has 0 aliphatic heterocycles. The molecule has 0 aliphatic carbocycles. The molecule has 0 amide bonds. The molecular weight excluding hydrogens is 315 g/mol. The maximum atomic E-state index is 6.08. The summed E-state index contributed by atoms with van der Waals surface area (Å²) in [7, 11) is 0. The van der Waals surface area contributed by atoms with Crippen LogP contribution >= 0.6 is 6.04 Å². The Morgan fingerprint density at radius 1 is 1.09 bits per heavy atom. The number of furan rings is 1. The lowest BCUT2D eigenvalue weighted by Crippen LogP contribution is -2.33. The van der Waals surface area contributed by atoms with Gasteiger partial charge in [0.15, 0.2) is 11.1 Å². The third kappa shape index (κ3) is 2.12. The molecule has 0 atom stereocenters. The van der Waals surface area contributed by atoms with Crippen LogP contribution in [-0.4, -0.2) is 19.1 Å². The van der Waals surface area contributed by atoms with E-state index in [1.54, 1.807) is 24.8 Å². The molecule has 0 aliphatic rings. The van der Waals surface area contributed by atoms with Gasteiger partial charge in [-0.25, -0.2) is 9.97 Å². The van der Waals surface area contributed by atoms with Crippen molar-refractivity contribution in [2.24, 2.45) is 0 Å². The average molecular weight is 330 g/mol. The van der Waals surface area contributed by atoms with Crippen molar-refractivity contribution in [1.82, 2.24) is 19.1 Å². The minimum absolute atomic E-state index is 0.698. The Labute approximate surface area is 133 Å². The predicted octanol–water partition coefficient (Wildman–Crippen LogP) is 1.94. The summed E-state index contributed by atoms with van der Waals surface area (Å²) in [6.07, 6.45) is 10.4. The molecule has 0 bridgehead atoms. The lowest BCUT2D eigenvalue weighted by Gasteiger charge is -2.19. The summed E-state index contributed by atoms with van der Waals surface area (Å²) in [6.45, 7) is 9.53. The number of aromatic nitrogens is 4. The number of imidazole rings is 2. The molecule has 112 valence electrons. The molecule has 0 spiro atoms. The Kier molecular flexibility index (Phi) is 3.72. The number of aryl methyl sites for hydroxylation is 1. The summed E-state index contributed by atoms with van der Waals surface area (Å²) in [6, 6.07) is 1.26. The Bertz CT molecular complexity index is 839. The van der Waals surface area contributed by atoms with Gasteiger partial charge in [0.2, 0.25) is 0 Å². The van der Waals surface area contributed by atoms with Gasteiger partial charge < -0.3 is 13.6 Å². The lowest BCUT2D eigenvalue weighted by molar-refractivity contribution is 0.566. The highest BCUT2D eigenvalue weighted by Gasteiger charge is 2.35. The van der Waals surface area contributed by atoms with Crippen molar-refractivity contribution in [2.75, 3.05) is 0 Å². The molecule has 3 rings (SSSR count). The molecule has 3 heterocycles. The van der Waals surface area contributed by atoms with Gasteiger partial charge in [0.05, 0.1) is 0 Å². The van der Waals surface area contributed by atoms with E-state index in [1.165, 1.54) is 0 Å². The Morgan fingerprint density at radius 2 is 1.64 bits per heavy atom. The molecular formula is C15H15N4OPS. The number of hydrogen-bond acceptors (Lipinski definition) is 4. The van der Waals surface area contributed by atoms with E-state index in [2.05, 4.69) is 23.1 Å². The van der Waals surface area contributed by atoms with Crippen molar-refractivity contribution in [3.63, 3.8) is 0 Å². The number of hydrogen-bond donors (Lipinski definition) is 0.